The molecule has 1 fully saturated rings. The van der Waals surface area contributed by atoms with Gasteiger partial charge in [-0.1, -0.05) is 24.3 Å². The third kappa shape index (κ3) is 5.16. The van der Waals surface area contributed by atoms with Gasteiger partial charge < -0.3 is 14.4 Å². The quantitative estimate of drug-likeness (QED) is 0.680. The lowest BCUT2D eigenvalue weighted by Gasteiger charge is -2.44. The number of halogens is 1. The predicted molar refractivity (Wildman–Crippen MR) is 111 cm³/mol. The van der Waals surface area contributed by atoms with E-state index in [1.54, 1.807) is 36.4 Å². The second-order valence-electron chi connectivity index (χ2n) is 7.58. The first-order chi connectivity index (χ1) is 14.4. The summed E-state index contributed by atoms with van der Waals surface area (Å²) in [6, 6.07) is 13.4. The lowest BCUT2D eigenvalue weighted by Crippen LogP contribution is -2.58. The first kappa shape index (κ1) is 21.8. The highest BCUT2D eigenvalue weighted by Crippen LogP contribution is 2.21. The van der Waals surface area contributed by atoms with Crippen LogP contribution in [0, 0.1) is 5.82 Å². The molecule has 1 heterocycles. The van der Waals surface area contributed by atoms with Gasteiger partial charge in [-0.15, -0.1) is 0 Å². The molecule has 0 aromatic heterocycles. The van der Waals surface area contributed by atoms with Crippen molar-refractivity contribution < 1.29 is 23.5 Å². The Labute approximate surface area is 176 Å². The summed E-state index contributed by atoms with van der Waals surface area (Å²) in [6.45, 7) is 5.92. The fraction of sp³-hybridized carbons (Fsp3) is 0.391. The molecule has 0 aliphatic carbocycles. The van der Waals surface area contributed by atoms with Gasteiger partial charge >= 0.3 is 5.97 Å². The summed E-state index contributed by atoms with van der Waals surface area (Å²) in [5.41, 5.74) is 1.33. The molecule has 0 N–H and O–H groups in total. The van der Waals surface area contributed by atoms with Crippen LogP contribution in [-0.4, -0.2) is 60.6 Å². The molecule has 1 amide bonds. The normalized spacial score (nSPS) is 19.4. The van der Waals surface area contributed by atoms with Crippen LogP contribution < -0.4 is 4.74 Å². The highest BCUT2D eigenvalue weighted by atomic mass is 19.1. The van der Waals surface area contributed by atoms with Gasteiger partial charge in [-0.2, -0.15) is 0 Å². The Kier molecular flexibility index (Phi) is 7.05. The van der Waals surface area contributed by atoms with Crippen LogP contribution in [0.4, 0.5) is 4.39 Å². The smallest absolute Gasteiger partial charge is 0.341 e. The van der Waals surface area contributed by atoms with Crippen LogP contribution in [0.15, 0.2) is 48.5 Å². The van der Waals surface area contributed by atoms with E-state index in [0.717, 1.165) is 5.56 Å². The number of piperazine rings is 1. The van der Waals surface area contributed by atoms with E-state index in [1.165, 1.54) is 19.2 Å². The first-order valence-electron chi connectivity index (χ1n) is 9.97. The zero-order valence-corrected chi connectivity index (χ0v) is 17.5. The molecule has 1 aliphatic rings. The summed E-state index contributed by atoms with van der Waals surface area (Å²) in [5.74, 6) is -0.553. The van der Waals surface area contributed by atoms with Crippen LogP contribution in [0.3, 0.4) is 0 Å². The molecule has 2 aromatic carbocycles. The number of para-hydroxylation sites is 1. The fourth-order valence-electron chi connectivity index (χ4n) is 3.68. The van der Waals surface area contributed by atoms with Crippen LogP contribution in [0.5, 0.6) is 5.75 Å². The van der Waals surface area contributed by atoms with Crippen molar-refractivity contribution in [2.24, 2.45) is 0 Å². The molecule has 0 radical (unpaired) electrons. The minimum atomic E-state index is -0.505. The average Bonchev–Trinajstić information content (AvgIpc) is 2.75. The van der Waals surface area contributed by atoms with E-state index in [0.29, 0.717) is 30.9 Å². The van der Waals surface area contributed by atoms with Crippen molar-refractivity contribution in [1.29, 1.82) is 0 Å². The van der Waals surface area contributed by atoms with Gasteiger partial charge in [0, 0.05) is 31.7 Å². The van der Waals surface area contributed by atoms with Gasteiger partial charge in [0.25, 0.3) is 5.91 Å². The Morgan fingerprint density at radius 2 is 1.73 bits per heavy atom. The largest absolute Gasteiger partial charge is 0.483 e. The lowest BCUT2D eigenvalue weighted by atomic mass is 10.1. The maximum absolute atomic E-state index is 13.1. The SMILES string of the molecule is COC(=O)c1ccccc1OCC(=O)N1C[C@H](C)N(Cc2ccc(F)cc2)C[C@H]1C. The number of ether oxygens (including phenoxy) is 2. The Morgan fingerprint density at radius 1 is 1.03 bits per heavy atom. The maximum atomic E-state index is 13.1. The second kappa shape index (κ2) is 9.71. The number of methoxy groups -OCH3 is 1. The van der Waals surface area contributed by atoms with Gasteiger partial charge in [0.15, 0.2) is 6.61 Å². The molecular weight excluding hydrogens is 387 g/mol. The molecule has 2 atom stereocenters. The minimum absolute atomic E-state index is 0.00796. The van der Waals surface area contributed by atoms with Crippen LogP contribution in [-0.2, 0) is 16.1 Å². The summed E-state index contributed by atoms with van der Waals surface area (Å²) in [7, 11) is 1.30. The van der Waals surface area contributed by atoms with Gasteiger partial charge in [-0.3, -0.25) is 9.69 Å². The minimum Gasteiger partial charge on any atom is -0.483 e. The highest BCUT2D eigenvalue weighted by Gasteiger charge is 2.32. The van der Waals surface area contributed by atoms with E-state index >= 15 is 0 Å². The summed E-state index contributed by atoms with van der Waals surface area (Å²) < 4.78 is 23.5. The molecule has 7 heteroatoms. The van der Waals surface area contributed by atoms with Crippen molar-refractivity contribution in [2.45, 2.75) is 32.5 Å². The van der Waals surface area contributed by atoms with Crippen LogP contribution in [0.2, 0.25) is 0 Å². The summed E-state index contributed by atoms with van der Waals surface area (Å²) in [5, 5.41) is 0. The van der Waals surface area contributed by atoms with Crippen LogP contribution in [0.25, 0.3) is 0 Å². The van der Waals surface area contributed by atoms with Gasteiger partial charge in [0.1, 0.15) is 17.1 Å². The van der Waals surface area contributed by atoms with E-state index in [4.69, 9.17) is 9.47 Å². The third-order valence-electron chi connectivity index (χ3n) is 5.38. The van der Waals surface area contributed by atoms with Crippen molar-refractivity contribution in [3.05, 3.63) is 65.5 Å². The molecule has 6 nitrogen and oxygen atoms in total. The van der Waals surface area contributed by atoms with E-state index in [1.807, 2.05) is 11.8 Å². The molecule has 160 valence electrons. The topological polar surface area (TPSA) is 59.1 Å². The lowest BCUT2D eigenvalue weighted by molar-refractivity contribution is -0.139. The predicted octanol–water partition coefficient (Wildman–Crippen LogP) is 3.11. The number of nitrogens with zero attached hydrogens (tertiary/aromatic N) is 2. The Balaban J connectivity index is 1.59. The number of hydrogen-bond donors (Lipinski definition) is 0. The third-order valence-corrected chi connectivity index (χ3v) is 5.38. The summed E-state index contributed by atoms with van der Waals surface area (Å²) >= 11 is 0. The number of rotatable bonds is 6. The molecule has 3 rings (SSSR count). The van der Waals surface area contributed by atoms with E-state index in [2.05, 4.69) is 11.8 Å². The van der Waals surface area contributed by atoms with Crippen LogP contribution >= 0.6 is 0 Å². The average molecular weight is 414 g/mol. The standard InChI is InChI=1S/C23H27FN2O4/c1-16-13-26(17(2)12-25(16)14-18-8-10-19(24)11-9-18)22(27)15-30-21-7-5-4-6-20(21)23(28)29-3/h4-11,16-17H,12-15H2,1-3H3/t16-,17+/m0/s1. The van der Waals surface area contributed by atoms with Crippen molar-refractivity contribution in [1.82, 2.24) is 9.80 Å². The van der Waals surface area contributed by atoms with Crippen molar-refractivity contribution >= 4 is 11.9 Å². The van der Waals surface area contributed by atoms with Gasteiger partial charge in [-0.05, 0) is 43.7 Å². The number of hydrogen-bond acceptors (Lipinski definition) is 5. The molecule has 1 aliphatic heterocycles. The number of benzene rings is 2. The highest BCUT2D eigenvalue weighted by molar-refractivity contribution is 5.92. The fourth-order valence-corrected chi connectivity index (χ4v) is 3.68. The number of esters is 1. The Bertz CT molecular complexity index is 887. The first-order valence-corrected chi connectivity index (χ1v) is 9.97. The zero-order valence-electron chi connectivity index (χ0n) is 17.5. The number of amides is 1. The molecule has 30 heavy (non-hydrogen) atoms. The molecule has 0 bridgehead atoms. The van der Waals surface area contributed by atoms with Crippen LogP contribution in [0.1, 0.15) is 29.8 Å². The summed E-state index contributed by atoms with van der Waals surface area (Å²) in [4.78, 5) is 28.8. The number of carbonyl (C=O) groups excluding carboxylic acids is 2. The molecule has 1 saturated heterocycles. The Hall–Kier alpha value is -2.93. The molecule has 0 spiro atoms. The monoisotopic (exact) mass is 414 g/mol. The molecule has 2 aromatic rings. The van der Waals surface area contributed by atoms with Crippen molar-refractivity contribution in [2.75, 3.05) is 26.8 Å². The van der Waals surface area contributed by atoms with Crippen molar-refractivity contribution in [3.8, 4) is 5.75 Å². The molecule has 0 saturated carbocycles. The van der Waals surface area contributed by atoms with E-state index in [9.17, 15) is 14.0 Å². The van der Waals surface area contributed by atoms with Gasteiger partial charge in [0.2, 0.25) is 0 Å². The Morgan fingerprint density at radius 3 is 2.43 bits per heavy atom. The van der Waals surface area contributed by atoms with E-state index < -0.39 is 5.97 Å². The zero-order chi connectivity index (χ0) is 21.7. The maximum Gasteiger partial charge on any atom is 0.341 e. The summed E-state index contributed by atoms with van der Waals surface area (Å²) in [6.07, 6.45) is 0. The molecule has 0 unspecified atom stereocenters. The van der Waals surface area contributed by atoms with E-state index in [-0.39, 0.29) is 30.4 Å². The van der Waals surface area contributed by atoms with Crippen molar-refractivity contribution in [3.63, 3.8) is 0 Å². The second-order valence-corrected chi connectivity index (χ2v) is 7.58. The molecular formula is C23H27FN2O4. The number of carbonyl (C=O) groups is 2. The van der Waals surface area contributed by atoms with Gasteiger partial charge in [-0.25, -0.2) is 9.18 Å². The van der Waals surface area contributed by atoms with Gasteiger partial charge in [0.05, 0.1) is 7.11 Å².